The van der Waals surface area contributed by atoms with E-state index in [-0.39, 0.29) is 6.04 Å². The van der Waals surface area contributed by atoms with Gasteiger partial charge < -0.3 is 5.73 Å². The van der Waals surface area contributed by atoms with E-state index < -0.39 is 0 Å². The Morgan fingerprint density at radius 2 is 2.00 bits per heavy atom. The number of rotatable bonds is 5. The van der Waals surface area contributed by atoms with E-state index in [1.165, 1.54) is 12.0 Å². The molecule has 20 heavy (non-hydrogen) atoms. The first-order chi connectivity index (χ1) is 9.65. The predicted octanol–water partition coefficient (Wildman–Crippen LogP) is 3.14. The Hall–Kier alpha value is -1.61. The number of nitrogens with zero attached hydrogens (tertiary/aromatic N) is 2. The van der Waals surface area contributed by atoms with Gasteiger partial charge in [-0.3, -0.25) is 4.68 Å². The maximum Gasteiger partial charge on any atom is 0.0640 e. The summed E-state index contributed by atoms with van der Waals surface area (Å²) in [6.45, 7) is 4.28. The van der Waals surface area contributed by atoms with Crippen LogP contribution in [0.4, 0.5) is 0 Å². The van der Waals surface area contributed by atoms with Gasteiger partial charge >= 0.3 is 0 Å². The molecule has 0 saturated heterocycles. The molecule has 1 aliphatic carbocycles. The van der Waals surface area contributed by atoms with Crippen molar-refractivity contribution >= 4 is 0 Å². The van der Waals surface area contributed by atoms with E-state index in [4.69, 9.17) is 5.73 Å². The van der Waals surface area contributed by atoms with E-state index in [0.717, 1.165) is 12.1 Å². The average molecular weight is 269 g/mol. The van der Waals surface area contributed by atoms with Crippen molar-refractivity contribution in [1.29, 1.82) is 0 Å². The highest BCUT2D eigenvalue weighted by atomic mass is 15.3. The van der Waals surface area contributed by atoms with Gasteiger partial charge in [-0.05, 0) is 43.7 Å². The zero-order valence-corrected chi connectivity index (χ0v) is 12.2. The molecule has 1 aromatic heterocycles. The lowest BCUT2D eigenvalue weighted by molar-refractivity contribution is 0.513. The molecule has 1 fully saturated rings. The van der Waals surface area contributed by atoms with Gasteiger partial charge in [-0.15, -0.1) is 0 Å². The monoisotopic (exact) mass is 269 g/mol. The van der Waals surface area contributed by atoms with Gasteiger partial charge in [-0.1, -0.05) is 30.3 Å². The summed E-state index contributed by atoms with van der Waals surface area (Å²) in [7, 11) is 0. The molecule has 106 valence electrons. The molecule has 3 rings (SSSR count). The molecule has 3 atom stereocenters. The van der Waals surface area contributed by atoms with Crippen molar-refractivity contribution < 1.29 is 0 Å². The number of nitrogens with two attached hydrogens (primary N) is 1. The minimum atomic E-state index is 0.218. The van der Waals surface area contributed by atoms with Gasteiger partial charge in [0.05, 0.1) is 5.69 Å². The molecule has 3 unspecified atom stereocenters. The van der Waals surface area contributed by atoms with Gasteiger partial charge in [0, 0.05) is 24.7 Å². The standard InChI is InChI=1S/C17H23N3/c1-12(2)20-9-8-14(19-20)10-17(18)16-11-15(16)13-6-4-3-5-7-13/h3-9,12,15-17H,10-11,18H2,1-2H3. The van der Waals surface area contributed by atoms with Crippen LogP contribution in [0.1, 0.15) is 43.5 Å². The molecule has 2 aromatic rings. The summed E-state index contributed by atoms with van der Waals surface area (Å²) in [5.74, 6) is 1.26. The maximum absolute atomic E-state index is 6.37. The van der Waals surface area contributed by atoms with Crippen LogP contribution in [0.15, 0.2) is 42.6 Å². The van der Waals surface area contributed by atoms with Gasteiger partial charge in [-0.2, -0.15) is 5.10 Å². The molecular formula is C17H23N3. The largest absolute Gasteiger partial charge is 0.327 e. The van der Waals surface area contributed by atoms with Crippen molar-refractivity contribution in [3.05, 3.63) is 53.9 Å². The summed E-state index contributed by atoms with van der Waals surface area (Å²) in [5, 5.41) is 4.59. The normalized spacial score (nSPS) is 23.0. The average Bonchev–Trinajstić information content (AvgIpc) is 3.12. The molecule has 0 spiro atoms. The zero-order valence-electron chi connectivity index (χ0n) is 12.2. The highest BCUT2D eigenvalue weighted by Gasteiger charge is 2.42. The second kappa shape index (κ2) is 5.41. The fraction of sp³-hybridized carbons (Fsp3) is 0.471. The van der Waals surface area contributed by atoms with Crippen molar-refractivity contribution in [1.82, 2.24) is 9.78 Å². The van der Waals surface area contributed by atoms with Crippen LogP contribution >= 0.6 is 0 Å². The van der Waals surface area contributed by atoms with Crippen molar-refractivity contribution in [2.24, 2.45) is 11.7 Å². The quantitative estimate of drug-likeness (QED) is 0.906. The third kappa shape index (κ3) is 2.78. The molecule has 0 radical (unpaired) electrons. The first-order valence-corrected chi connectivity index (χ1v) is 7.49. The smallest absolute Gasteiger partial charge is 0.0640 e. The van der Waals surface area contributed by atoms with Crippen molar-refractivity contribution in [3.63, 3.8) is 0 Å². The van der Waals surface area contributed by atoms with Crippen LogP contribution in [-0.2, 0) is 6.42 Å². The lowest BCUT2D eigenvalue weighted by Gasteiger charge is -2.10. The third-order valence-corrected chi connectivity index (χ3v) is 4.25. The van der Waals surface area contributed by atoms with Crippen LogP contribution in [0, 0.1) is 5.92 Å². The van der Waals surface area contributed by atoms with Crippen LogP contribution < -0.4 is 5.73 Å². The SMILES string of the molecule is CC(C)n1ccc(CC(N)C2CC2c2ccccc2)n1. The summed E-state index contributed by atoms with van der Waals surface area (Å²) in [6.07, 6.45) is 4.15. The lowest BCUT2D eigenvalue weighted by atomic mass is 10.0. The minimum absolute atomic E-state index is 0.218. The number of hydrogen-bond acceptors (Lipinski definition) is 2. The molecule has 3 nitrogen and oxygen atoms in total. The Bertz CT molecular complexity index is 559. The minimum Gasteiger partial charge on any atom is -0.327 e. The fourth-order valence-corrected chi connectivity index (χ4v) is 2.94. The Kier molecular flexibility index (Phi) is 3.62. The molecule has 1 aromatic carbocycles. The zero-order chi connectivity index (χ0) is 14.1. The molecule has 0 aliphatic heterocycles. The number of benzene rings is 1. The van der Waals surface area contributed by atoms with Crippen molar-refractivity contribution in [3.8, 4) is 0 Å². The highest BCUT2D eigenvalue weighted by Crippen LogP contribution is 2.49. The van der Waals surface area contributed by atoms with Crippen molar-refractivity contribution in [2.75, 3.05) is 0 Å². The molecule has 3 heteroatoms. The molecule has 1 saturated carbocycles. The predicted molar refractivity (Wildman–Crippen MR) is 81.6 cm³/mol. The molecule has 1 aliphatic rings. The first-order valence-electron chi connectivity index (χ1n) is 7.49. The molecular weight excluding hydrogens is 246 g/mol. The van der Waals surface area contributed by atoms with E-state index >= 15 is 0 Å². The topological polar surface area (TPSA) is 43.8 Å². The fourth-order valence-electron chi connectivity index (χ4n) is 2.94. The van der Waals surface area contributed by atoms with Crippen molar-refractivity contribution in [2.45, 2.75) is 44.7 Å². The van der Waals surface area contributed by atoms with E-state index in [1.54, 1.807) is 0 Å². The third-order valence-electron chi connectivity index (χ3n) is 4.25. The van der Waals surface area contributed by atoms with Crippen LogP contribution in [0.2, 0.25) is 0 Å². The molecule has 1 heterocycles. The Balaban J connectivity index is 1.59. The number of aromatic nitrogens is 2. The van der Waals surface area contributed by atoms with Crippen LogP contribution in [0.25, 0.3) is 0 Å². The lowest BCUT2D eigenvalue weighted by Crippen LogP contribution is -2.26. The van der Waals surface area contributed by atoms with Crippen LogP contribution in [0.5, 0.6) is 0 Å². The van der Waals surface area contributed by atoms with Crippen LogP contribution in [0.3, 0.4) is 0 Å². The van der Waals surface area contributed by atoms with Gasteiger partial charge in [-0.25, -0.2) is 0 Å². The van der Waals surface area contributed by atoms with Gasteiger partial charge in [0.15, 0.2) is 0 Å². The summed E-state index contributed by atoms with van der Waals surface area (Å²) in [6, 6.07) is 13.4. The summed E-state index contributed by atoms with van der Waals surface area (Å²) >= 11 is 0. The maximum atomic E-state index is 6.37. The van der Waals surface area contributed by atoms with E-state index in [0.29, 0.717) is 17.9 Å². The van der Waals surface area contributed by atoms with E-state index in [9.17, 15) is 0 Å². The Morgan fingerprint density at radius 3 is 2.65 bits per heavy atom. The Morgan fingerprint density at radius 1 is 1.25 bits per heavy atom. The number of hydrogen-bond donors (Lipinski definition) is 1. The van der Waals surface area contributed by atoms with Crippen LogP contribution in [-0.4, -0.2) is 15.8 Å². The first kappa shape index (κ1) is 13.4. The molecule has 0 amide bonds. The summed E-state index contributed by atoms with van der Waals surface area (Å²) < 4.78 is 2.00. The highest BCUT2D eigenvalue weighted by molar-refractivity contribution is 5.27. The molecule has 0 bridgehead atoms. The molecule has 2 N–H and O–H groups in total. The second-order valence-corrected chi connectivity index (χ2v) is 6.17. The summed E-state index contributed by atoms with van der Waals surface area (Å²) in [4.78, 5) is 0. The van der Waals surface area contributed by atoms with Gasteiger partial charge in [0.25, 0.3) is 0 Å². The van der Waals surface area contributed by atoms with Gasteiger partial charge in [0.2, 0.25) is 0 Å². The van der Waals surface area contributed by atoms with Gasteiger partial charge in [0.1, 0.15) is 0 Å². The Labute approximate surface area is 120 Å². The van der Waals surface area contributed by atoms with E-state index in [2.05, 4.69) is 55.3 Å². The van der Waals surface area contributed by atoms with E-state index in [1.807, 2.05) is 10.9 Å². The second-order valence-electron chi connectivity index (χ2n) is 6.17. The summed E-state index contributed by atoms with van der Waals surface area (Å²) in [5.41, 5.74) is 8.92.